The molecule has 0 aliphatic carbocycles. The molecule has 2 aromatic rings. The van der Waals surface area contributed by atoms with Gasteiger partial charge in [-0.15, -0.1) is 24.8 Å². The lowest BCUT2D eigenvalue weighted by Gasteiger charge is -2.24. The minimum Gasteiger partial charge on any atom is -0.344 e. The predicted molar refractivity (Wildman–Crippen MR) is 97.4 cm³/mol. The maximum atomic E-state index is 12.4. The molecule has 0 spiro atoms. The van der Waals surface area contributed by atoms with E-state index in [2.05, 4.69) is 15.4 Å². The first kappa shape index (κ1) is 20.4. The van der Waals surface area contributed by atoms with Gasteiger partial charge in [0.25, 0.3) is 0 Å². The molecule has 8 heteroatoms. The van der Waals surface area contributed by atoms with Crippen LogP contribution in [0.1, 0.15) is 49.1 Å². The second kappa shape index (κ2) is 9.01. The number of nitrogens with zero attached hydrogens (tertiary/aromatic N) is 3. The second-order valence-electron chi connectivity index (χ2n) is 5.55. The quantitative estimate of drug-likeness (QED) is 0.863. The zero-order valence-corrected chi connectivity index (χ0v) is 15.1. The topological polar surface area (TPSA) is 85.8 Å². The number of hydrogen-bond acceptors (Lipinski definition) is 4. The lowest BCUT2D eigenvalue weighted by molar-refractivity contribution is -0.123. The maximum Gasteiger partial charge on any atom is 0.242 e. The molecule has 1 aliphatic heterocycles. The van der Waals surface area contributed by atoms with Gasteiger partial charge in [0.1, 0.15) is 11.9 Å². The first-order valence-corrected chi connectivity index (χ1v) is 7.73. The summed E-state index contributed by atoms with van der Waals surface area (Å²) in [6.45, 7) is 2.89. The smallest absolute Gasteiger partial charge is 0.242 e. The van der Waals surface area contributed by atoms with Gasteiger partial charge < -0.3 is 11.1 Å². The van der Waals surface area contributed by atoms with Crippen molar-refractivity contribution in [3.8, 4) is 0 Å². The summed E-state index contributed by atoms with van der Waals surface area (Å²) in [6, 6.07) is 8.63. The Morgan fingerprint density at radius 2 is 2.08 bits per heavy atom. The van der Waals surface area contributed by atoms with Gasteiger partial charge in [0.2, 0.25) is 5.91 Å². The molecule has 6 nitrogen and oxygen atoms in total. The molecule has 0 fully saturated rings. The number of nitrogens with two attached hydrogens (primary N) is 1. The third-order valence-electron chi connectivity index (χ3n) is 3.99. The summed E-state index contributed by atoms with van der Waals surface area (Å²) in [7, 11) is 0. The summed E-state index contributed by atoms with van der Waals surface area (Å²) >= 11 is 0. The number of halogens is 2. The third kappa shape index (κ3) is 4.26. The summed E-state index contributed by atoms with van der Waals surface area (Å²) in [6.07, 6.45) is 2.64. The summed E-state index contributed by atoms with van der Waals surface area (Å²) in [5.41, 5.74) is 6.86. The van der Waals surface area contributed by atoms with Crippen molar-refractivity contribution in [2.24, 2.45) is 5.73 Å². The molecule has 1 amide bonds. The van der Waals surface area contributed by atoms with Crippen molar-refractivity contribution in [3.05, 3.63) is 47.5 Å². The number of rotatable bonds is 4. The van der Waals surface area contributed by atoms with Gasteiger partial charge in [0, 0.05) is 13.0 Å². The highest BCUT2D eigenvalue weighted by molar-refractivity contribution is 5.85. The summed E-state index contributed by atoms with van der Waals surface area (Å²) in [4.78, 5) is 16.9. The van der Waals surface area contributed by atoms with Gasteiger partial charge in [0.15, 0.2) is 5.82 Å². The highest BCUT2D eigenvalue weighted by Gasteiger charge is 2.27. The van der Waals surface area contributed by atoms with Crippen molar-refractivity contribution in [3.63, 3.8) is 0 Å². The minimum absolute atomic E-state index is 0. The van der Waals surface area contributed by atoms with Gasteiger partial charge in [0.05, 0.1) is 6.04 Å². The number of amides is 1. The number of carbonyl (C=O) groups excluding carboxylic acids is 1. The van der Waals surface area contributed by atoms with E-state index in [0.717, 1.165) is 43.0 Å². The fraction of sp³-hybridized carbons (Fsp3) is 0.438. The molecule has 3 rings (SSSR count). The normalized spacial score (nSPS) is 17.0. The average molecular weight is 372 g/mol. The zero-order valence-electron chi connectivity index (χ0n) is 13.5. The van der Waals surface area contributed by atoms with Gasteiger partial charge >= 0.3 is 0 Å². The summed E-state index contributed by atoms with van der Waals surface area (Å²) in [5.74, 6) is 1.49. The van der Waals surface area contributed by atoms with Crippen molar-refractivity contribution >= 4 is 30.7 Å². The number of fused-ring (bicyclic) bond motifs is 1. The highest BCUT2D eigenvalue weighted by atomic mass is 35.5. The van der Waals surface area contributed by atoms with Crippen molar-refractivity contribution in [1.29, 1.82) is 0 Å². The average Bonchev–Trinajstić information content (AvgIpc) is 2.99. The van der Waals surface area contributed by atoms with E-state index in [1.165, 1.54) is 0 Å². The van der Waals surface area contributed by atoms with Crippen LogP contribution in [0.25, 0.3) is 0 Å². The van der Waals surface area contributed by atoms with Crippen molar-refractivity contribution < 1.29 is 4.79 Å². The Labute approximate surface area is 154 Å². The number of carbonyl (C=O) groups is 1. The fourth-order valence-electron chi connectivity index (χ4n) is 2.76. The summed E-state index contributed by atoms with van der Waals surface area (Å²) in [5, 5.41) is 7.48. The van der Waals surface area contributed by atoms with Crippen LogP contribution in [-0.4, -0.2) is 20.7 Å². The molecular formula is C16H23Cl2N5O. The number of aromatic nitrogens is 3. The Morgan fingerprint density at radius 1 is 1.38 bits per heavy atom. The Kier molecular flexibility index (Phi) is 7.66. The van der Waals surface area contributed by atoms with Crippen LogP contribution in [0.3, 0.4) is 0 Å². The second-order valence-corrected chi connectivity index (χ2v) is 5.55. The molecule has 0 bridgehead atoms. The first-order chi connectivity index (χ1) is 10.7. The van der Waals surface area contributed by atoms with Crippen LogP contribution < -0.4 is 11.1 Å². The van der Waals surface area contributed by atoms with E-state index in [1.54, 1.807) is 0 Å². The van der Waals surface area contributed by atoms with Crippen LogP contribution in [0.15, 0.2) is 30.3 Å². The molecule has 1 aliphatic rings. The first-order valence-electron chi connectivity index (χ1n) is 7.73. The van der Waals surface area contributed by atoms with Crippen LogP contribution in [0, 0.1) is 0 Å². The largest absolute Gasteiger partial charge is 0.344 e. The molecule has 2 unspecified atom stereocenters. The molecule has 24 heavy (non-hydrogen) atoms. The van der Waals surface area contributed by atoms with E-state index >= 15 is 0 Å². The molecule has 3 N–H and O–H groups in total. The Hall–Kier alpha value is -1.63. The Balaban J connectivity index is 0.00000144. The predicted octanol–water partition coefficient (Wildman–Crippen LogP) is 2.34. The highest BCUT2D eigenvalue weighted by Crippen LogP contribution is 2.24. The summed E-state index contributed by atoms with van der Waals surface area (Å²) < 4.78 is 1.90. The van der Waals surface area contributed by atoms with E-state index in [9.17, 15) is 4.79 Å². The molecule has 0 saturated carbocycles. The number of benzene rings is 1. The lowest BCUT2D eigenvalue weighted by atomic mass is 10.0. The lowest BCUT2D eigenvalue weighted by Crippen LogP contribution is -2.39. The van der Waals surface area contributed by atoms with Crippen molar-refractivity contribution in [1.82, 2.24) is 20.1 Å². The molecule has 1 aromatic heterocycles. The SMILES string of the molecule is CCc1nc2n(n1)CCCC2NC(=O)C(N)c1ccccc1.Cl.Cl. The standard InChI is InChI=1S/C16H21N5O.2ClH/c1-2-13-19-15-12(9-6-10-21(15)20-13)18-16(22)14(17)11-7-4-3-5-8-11;;/h3-5,7-8,12,14H,2,6,9-10,17H2,1H3,(H,18,22);2*1H. The van der Waals surface area contributed by atoms with Crippen LogP contribution in [0.5, 0.6) is 0 Å². The molecule has 1 aromatic carbocycles. The number of aryl methyl sites for hydroxylation is 2. The van der Waals surface area contributed by atoms with E-state index in [1.807, 2.05) is 41.9 Å². The van der Waals surface area contributed by atoms with Gasteiger partial charge in [-0.05, 0) is 18.4 Å². The number of nitrogens with one attached hydrogen (secondary N) is 1. The van der Waals surface area contributed by atoms with Gasteiger partial charge in [-0.1, -0.05) is 37.3 Å². The molecular weight excluding hydrogens is 349 g/mol. The maximum absolute atomic E-state index is 12.4. The molecule has 0 saturated heterocycles. The van der Waals surface area contributed by atoms with Crippen molar-refractivity contribution in [2.75, 3.05) is 0 Å². The monoisotopic (exact) mass is 371 g/mol. The molecule has 132 valence electrons. The van der Waals surface area contributed by atoms with Gasteiger partial charge in [-0.2, -0.15) is 5.10 Å². The van der Waals surface area contributed by atoms with Crippen molar-refractivity contribution in [2.45, 2.75) is 44.8 Å². The third-order valence-corrected chi connectivity index (χ3v) is 3.99. The molecule has 2 atom stereocenters. The van der Waals surface area contributed by atoms with E-state index in [4.69, 9.17) is 5.73 Å². The fourth-order valence-corrected chi connectivity index (χ4v) is 2.76. The van der Waals surface area contributed by atoms with E-state index in [-0.39, 0.29) is 36.8 Å². The van der Waals surface area contributed by atoms with E-state index < -0.39 is 6.04 Å². The van der Waals surface area contributed by atoms with Gasteiger partial charge in [-0.3, -0.25) is 4.79 Å². The van der Waals surface area contributed by atoms with Crippen LogP contribution in [-0.2, 0) is 17.8 Å². The minimum atomic E-state index is -0.662. The number of hydrogen-bond donors (Lipinski definition) is 2. The van der Waals surface area contributed by atoms with Crippen LogP contribution in [0.2, 0.25) is 0 Å². The van der Waals surface area contributed by atoms with Gasteiger partial charge in [-0.25, -0.2) is 9.67 Å². The molecule has 2 heterocycles. The zero-order chi connectivity index (χ0) is 15.5. The van der Waals surface area contributed by atoms with E-state index in [0.29, 0.717) is 0 Å². The molecule has 0 radical (unpaired) electrons. The Morgan fingerprint density at radius 3 is 2.75 bits per heavy atom. The Bertz CT molecular complexity index is 662. The van der Waals surface area contributed by atoms with Crippen LogP contribution >= 0.6 is 24.8 Å². The van der Waals surface area contributed by atoms with Crippen LogP contribution in [0.4, 0.5) is 0 Å².